The molecule has 0 aliphatic carbocycles. The van der Waals surface area contributed by atoms with Gasteiger partial charge >= 0.3 is 0 Å². The molecule has 30 heavy (non-hydrogen) atoms. The molecule has 0 bridgehead atoms. The molecule has 1 aromatic carbocycles. The first-order valence-electron chi connectivity index (χ1n) is 9.86. The lowest BCUT2D eigenvalue weighted by Gasteiger charge is -2.28. The molecule has 1 aliphatic rings. The van der Waals surface area contributed by atoms with Crippen molar-refractivity contribution in [2.45, 2.75) is 13.3 Å². The molecule has 4 rings (SSSR count). The summed E-state index contributed by atoms with van der Waals surface area (Å²) in [5, 5.41) is 5.62. The van der Waals surface area contributed by atoms with Crippen molar-refractivity contribution in [2.75, 3.05) is 29.9 Å². The number of hydrogen-bond acceptors (Lipinski definition) is 5. The normalized spacial score (nSPS) is 13.6. The molecular formula is C23H23N5O2. The Morgan fingerprint density at radius 1 is 1.10 bits per heavy atom. The van der Waals surface area contributed by atoms with E-state index in [0.717, 1.165) is 34.6 Å². The number of nitrogens with one attached hydrogen (secondary N) is 2. The van der Waals surface area contributed by atoms with Gasteiger partial charge in [-0.25, -0.2) is 4.98 Å². The lowest BCUT2D eigenvalue weighted by molar-refractivity contribution is -0.120. The van der Waals surface area contributed by atoms with Crippen LogP contribution in [0.1, 0.15) is 11.3 Å². The first kappa shape index (κ1) is 19.6. The Labute approximate surface area is 175 Å². The Kier molecular flexibility index (Phi) is 5.70. The predicted octanol–water partition coefficient (Wildman–Crippen LogP) is 2.57. The van der Waals surface area contributed by atoms with Gasteiger partial charge in [0.1, 0.15) is 5.82 Å². The highest BCUT2D eigenvalue weighted by molar-refractivity contribution is 5.91. The van der Waals surface area contributed by atoms with E-state index >= 15 is 0 Å². The molecule has 1 saturated heterocycles. The van der Waals surface area contributed by atoms with Crippen molar-refractivity contribution in [1.29, 1.82) is 0 Å². The fourth-order valence-electron chi connectivity index (χ4n) is 3.42. The second kappa shape index (κ2) is 8.73. The van der Waals surface area contributed by atoms with Gasteiger partial charge in [0.2, 0.25) is 11.8 Å². The largest absolute Gasteiger partial charge is 0.359 e. The minimum Gasteiger partial charge on any atom is -0.359 e. The van der Waals surface area contributed by atoms with Crippen LogP contribution in [0.25, 0.3) is 11.1 Å². The third-order valence-electron chi connectivity index (χ3n) is 4.97. The zero-order valence-electron chi connectivity index (χ0n) is 16.8. The minimum atomic E-state index is -0.125. The standard InChI is InChI=1S/C23H23N5O2/c1-16-12-19(8-9-24-16)18-4-2-17(3-5-18)13-22(29)27-21-7-6-20(14-26-21)28-11-10-25-23(30)15-28/h2-9,12,14H,10-11,13,15H2,1H3,(H,25,30)(H,26,27,29). The van der Waals surface area contributed by atoms with Gasteiger partial charge in [0.05, 0.1) is 24.8 Å². The summed E-state index contributed by atoms with van der Waals surface area (Å²) >= 11 is 0. The number of anilines is 2. The number of aryl methyl sites for hydroxylation is 1. The van der Waals surface area contributed by atoms with Crippen molar-refractivity contribution in [1.82, 2.24) is 15.3 Å². The topological polar surface area (TPSA) is 87.2 Å². The highest BCUT2D eigenvalue weighted by atomic mass is 16.2. The van der Waals surface area contributed by atoms with Crippen molar-refractivity contribution < 1.29 is 9.59 Å². The molecular weight excluding hydrogens is 378 g/mol. The van der Waals surface area contributed by atoms with Gasteiger partial charge < -0.3 is 15.5 Å². The number of rotatable bonds is 5. The van der Waals surface area contributed by atoms with Crippen LogP contribution in [0.15, 0.2) is 60.9 Å². The van der Waals surface area contributed by atoms with E-state index in [1.165, 1.54) is 0 Å². The summed E-state index contributed by atoms with van der Waals surface area (Å²) < 4.78 is 0. The van der Waals surface area contributed by atoms with Gasteiger partial charge in [0.15, 0.2) is 0 Å². The zero-order valence-corrected chi connectivity index (χ0v) is 16.8. The third-order valence-corrected chi connectivity index (χ3v) is 4.97. The number of pyridine rings is 2. The number of benzene rings is 1. The first-order chi connectivity index (χ1) is 14.6. The maximum atomic E-state index is 12.4. The molecule has 1 fully saturated rings. The summed E-state index contributed by atoms with van der Waals surface area (Å²) in [5.41, 5.74) is 4.96. The Morgan fingerprint density at radius 3 is 2.63 bits per heavy atom. The van der Waals surface area contributed by atoms with Crippen LogP contribution in [-0.4, -0.2) is 41.4 Å². The van der Waals surface area contributed by atoms with E-state index < -0.39 is 0 Å². The van der Waals surface area contributed by atoms with Crippen molar-refractivity contribution in [3.63, 3.8) is 0 Å². The Balaban J connectivity index is 1.34. The fraction of sp³-hybridized carbons (Fsp3) is 0.217. The summed E-state index contributed by atoms with van der Waals surface area (Å²) in [4.78, 5) is 34.4. The summed E-state index contributed by atoms with van der Waals surface area (Å²) in [5.74, 6) is 0.373. The molecule has 1 aliphatic heterocycles. The number of hydrogen-bond donors (Lipinski definition) is 2. The van der Waals surface area contributed by atoms with E-state index in [1.807, 2.05) is 54.3 Å². The van der Waals surface area contributed by atoms with Gasteiger partial charge in [0.25, 0.3) is 0 Å². The minimum absolute atomic E-state index is 0.00344. The number of aromatic nitrogens is 2. The quantitative estimate of drug-likeness (QED) is 0.686. The molecule has 3 heterocycles. The Morgan fingerprint density at radius 2 is 1.93 bits per heavy atom. The van der Waals surface area contributed by atoms with Crippen molar-refractivity contribution >= 4 is 23.3 Å². The average Bonchev–Trinajstić information content (AvgIpc) is 2.75. The zero-order chi connectivity index (χ0) is 20.9. The van der Waals surface area contributed by atoms with Gasteiger partial charge in [0, 0.05) is 25.0 Å². The smallest absolute Gasteiger partial charge is 0.239 e. The monoisotopic (exact) mass is 401 g/mol. The van der Waals surface area contributed by atoms with Crippen molar-refractivity contribution in [2.24, 2.45) is 0 Å². The molecule has 0 saturated carbocycles. The molecule has 152 valence electrons. The van der Waals surface area contributed by atoms with Crippen LogP contribution >= 0.6 is 0 Å². The Bertz CT molecular complexity index is 1050. The molecule has 7 nitrogen and oxygen atoms in total. The van der Waals surface area contributed by atoms with Crippen LogP contribution in [0.5, 0.6) is 0 Å². The number of piperazine rings is 1. The maximum Gasteiger partial charge on any atom is 0.239 e. The molecule has 0 atom stereocenters. The predicted molar refractivity (Wildman–Crippen MR) is 116 cm³/mol. The first-order valence-corrected chi connectivity index (χ1v) is 9.86. The summed E-state index contributed by atoms with van der Waals surface area (Å²) in [6, 6.07) is 15.6. The van der Waals surface area contributed by atoms with E-state index in [9.17, 15) is 9.59 Å². The fourth-order valence-corrected chi connectivity index (χ4v) is 3.42. The lowest BCUT2D eigenvalue weighted by atomic mass is 10.0. The number of carbonyl (C=O) groups is 2. The van der Waals surface area contributed by atoms with Crippen LogP contribution in [0, 0.1) is 6.92 Å². The highest BCUT2D eigenvalue weighted by Crippen LogP contribution is 2.20. The van der Waals surface area contributed by atoms with Gasteiger partial charge in [-0.1, -0.05) is 24.3 Å². The molecule has 0 spiro atoms. The molecule has 2 N–H and O–H groups in total. The number of amides is 2. The van der Waals surface area contributed by atoms with E-state index in [-0.39, 0.29) is 18.2 Å². The average molecular weight is 401 g/mol. The Hall–Kier alpha value is -3.74. The second-order valence-corrected chi connectivity index (χ2v) is 7.28. The summed E-state index contributed by atoms with van der Waals surface area (Å²) in [7, 11) is 0. The van der Waals surface area contributed by atoms with Gasteiger partial charge in [-0.15, -0.1) is 0 Å². The highest BCUT2D eigenvalue weighted by Gasteiger charge is 2.16. The third kappa shape index (κ3) is 4.81. The van der Waals surface area contributed by atoms with Gasteiger partial charge in [-0.2, -0.15) is 0 Å². The van der Waals surface area contributed by atoms with E-state index in [2.05, 4.69) is 20.6 Å². The van der Waals surface area contributed by atoms with Crippen LogP contribution in [0.3, 0.4) is 0 Å². The second-order valence-electron chi connectivity index (χ2n) is 7.28. The maximum absolute atomic E-state index is 12.4. The van der Waals surface area contributed by atoms with E-state index in [1.54, 1.807) is 18.5 Å². The van der Waals surface area contributed by atoms with Crippen LogP contribution in [0.2, 0.25) is 0 Å². The van der Waals surface area contributed by atoms with E-state index in [0.29, 0.717) is 18.9 Å². The van der Waals surface area contributed by atoms with Crippen LogP contribution in [0.4, 0.5) is 11.5 Å². The molecule has 2 aromatic heterocycles. The molecule has 0 radical (unpaired) electrons. The van der Waals surface area contributed by atoms with Crippen LogP contribution < -0.4 is 15.5 Å². The van der Waals surface area contributed by atoms with Crippen LogP contribution in [-0.2, 0) is 16.0 Å². The molecule has 3 aromatic rings. The van der Waals surface area contributed by atoms with Crippen molar-refractivity contribution in [3.8, 4) is 11.1 Å². The number of nitrogens with zero attached hydrogens (tertiary/aromatic N) is 3. The lowest BCUT2D eigenvalue weighted by Crippen LogP contribution is -2.47. The summed E-state index contributed by atoms with van der Waals surface area (Å²) in [6.07, 6.45) is 3.75. The summed E-state index contributed by atoms with van der Waals surface area (Å²) in [6.45, 7) is 3.65. The molecule has 0 unspecified atom stereocenters. The molecule has 7 heteroatoms. The van der Waals surface area contributed by atoms with E-state index in [4.69, 9.17) is 0 Å². The number of carbonyl (C=O) groups excluding carboxylic acids is 2. The van der Waals surface area contributed by atoms with Crippen molar-refractivity contribution in [3.05, 3.63) is 72.2 Å². The van der Waals surface area contributed by atoms with Gasteiger partial charge in [-0.3, -0.25) is 14.6 Å². The van der Waals surface area contributed by atoms with Gasteiger partial charge in [-0.05, 0) is 47.9 Å². The molecule has 2 amide bonds. The SMILES string of the molecule is Cc1cc(-c2ccc(CC(=O)Nc3ccc(N4CCNC(=O)C4)cn3)cc2)ccn1.